The third-order valence-electron chi connectivity index (χ3n) is 6.85. The summed E-state index contributed by atoms with van der Waals surface area (Å²) in [4.78, 5) is 14.8. The van der Waals surface area contributed by atoms with E-state index >= 15 is 0 Å². The van der Waals surface area contributed by atoms with Crippen LogP contribution in [0.25, 0.3) is 5.57 Å². The molecule has 10 heteroatoms. The molecule has 0 radical (unpaired) electrons. The van der Waals surface area contributed by atoms with Crippen molar-refractivity contribution < 1.29 is 23.1 Å². The number of ether oxygens (including phenoxy) is 1. The maximum atomic E-state index is 13.8. The van der Waals surface area contributed by atoms with Crippen LogP contribution in [-0.2, 0) is 21.4 Å². The molecule has 39 heavy (non-hydrogen) atoms. The molecule has 0 unspecified atom stereocenters. The Morgan fingerprint density at radius 1 is 1.03 bits per heavy atom. The van der Waals surface area contributed by atoms with Crippen molar-refractivity contribution >= 4 is 27.2 Å². The monoisotopic (exact) mass is 540 g/mol. The van der Waals surface area contributed by atoms with Gasteiger partial charge in [-0.1, -0.05) is 30.3 Å². The number of nitrogens with zero attached hydrogens (tertiary/aromatic N) is 4. The van der Waals surface area contributed by atoms with Crippen LogP contribution in [-0.4, -0.2) is 42.9 Å². The van der Waals surface area contributed by atoms with Gasteiger partial charge in [0.1, 0.15) is 35.8 Å². The highest BCUT2D eigenvalue weighted by atomic mass is 32.2. The summed E-state index contributed by atoms with van der Waals surface area (Å²) in [6.45, 7) is 0.639. The molecular weight excluding hydrogens is 516 g/mol. The van der Waals surface area contributed by atoms with Crippen LogP contribution in [0.3, 0.4) is 0 Å². The summed E-state index contributed by atoms with van der Waals surface area (Å²) in [5.41, 5.74) is 0.805. The lowest BCUT2D eigenvalue weighted by molar-refractivity contribution is -0.113. The van der Waals surface area contributed by atoms with Crippen LogP contribution in [0.4, 0.5) is 5.69 Å². The molecule has 1 amide bonds. The van der Waals surface area contributed by atoms with Crippen LogP contribution in [0.15, 0.2) is 83.3 Å². The number of hydrogen-bond acceptors (Lipinski definition) is 7. The highest BCUT2D eigenvalue weighted by Gasteiger charge is 2.39. The van der Waals surface area contributed by atoms with E-state index in [0.29, 0.717) is 36.4 Å². The van der Waals surface area contributed by atoms with Gasteiger partial charge >= 0.3 is 0 Å². The van der Waals surface area contributed by atoms with Crippen LogP contribution < -0.4 is 9.64 Å². The zero-order valence-electron chi connectivity index (χ0n) is 20.8. The minimum absolute atomic E-state index is 0.0279. The van der Waals surface area contributed by atoms with Crippen LogP contribution in [0, 0.1) is 22.7 Å². The Morgan fingerprint density at radius 2 is 1.74 bits per heavy atom. The molecule has 2 aliphatic heterocycles. The number of fused-ring (bicyclic) bond motifs is 1. The van der Waals surface area contributed by atoms with Gasteiger partial charge in [-0.3, -0.25) is 4.79 Å². The number of benzene rings is 3. The molecule has 2 aliphatic rings. The minimum Gasteiger partial charge on any atom is -0.508 e. The number of rotatable bonds is 7. The average Bonchev–Trinajstić information content (AvgIpc) is 3.53. The van der Waals surface area contributed by atoms with E-state index in [-0.39, 0.29) is 46.5 Å². The van der Waals surface area contributed by atoms with E-state index in [1.807, 2.05) is 30.3 Å². The fourth-order valence-electron chi connectivity index (χ4n) is 4.93. The molecule has 5 rings (SSSR count). The number of carbonyl (C=O) groups excluding carboxylic acids is 1. The number of hydrogen-bond donors (Lipinski definition) is 1. The van der Waals surface area contributed by atoms with E-state index in [0.717, 1.165) is 0 Å². The minimum atomic E-state index is -3.97. The number of amides is 1. The first-order valence-corrected chi connectivity index (χ1v) is 13.8. The van der Waals surface area contributed by atoms with Gasteiger partial charge < -0.3 is 14.7 Å². The van der Waals surface area contributed by atoms with Crippen molar-refractivity contribution in [2.24, 2.45) is 0 Å². The lowest BCUT2D eigenvalue weighted by Gasteiger charge is -2.24. The van der Waals surface area contributed by atoms with Crippen LogP contribution >= 0.6 is 0 Å². The van der Waals surface area contributed by atoms with Gasteiger partial charge in [-0.15, -0.1) is 0 Å². The van der Waals surface area contributed by atoms with Crippen molar-refractivity contribution in [3.63, 3.8) is 0 Å². The SMILES string of the molecule is N#CC(C#N)=C1C(=O)N(Cc2ccc(O)cc2)c2ccc(S(=O)(=O)N3CCC[C@H]3COc3ccccc3)cc21. The fraction of sp³-hybridized carbons (Fsp3) is 0.207. The number of nitriles is 2. The predicted molar refractivity (Wildman–Crippen MR) is 143 cm³/mol. The maximum Gasteiger partial charge on any atom is 0.261 e. The Morgan fingerprint density at radius 3 is 2.44 bits per heavy atom. The quantitative estimate of drug-likeness (QED) is 0.354. The summed E-state index contributed by atoms with van der Waals surface area (Å²) in [6, 6.07) is 23.0. The number of aromatic hydroxyl groups is 1. The molecule has 1 N–H and O–H groups in total. The van der Waals surface area contributed by atoms with E-state index in [1.165, 1.54) is 39.5 Å². The Hall–Kier alpha value is -4.64. The second-order valence-corrected chi connectivity index (χ2v) is 11.1. The molecule has 3 aromatic rings. The molecule has 0 aromatic heterocycles. The third kappa shape index (κ3) is 4.96. The van der Waals surface area contributed by atoms with Gasteiger partial charge in [-0.2, -0.15) is 14.8 Å². The summed E-state index contributed by atoms with van der Waals surface area (Å²) in [5, 5.41) is 28.7. The molecule has 0 spiro atoms. The number of anilines is 1. The van der Waals surface area contributed by atoms with E-state index in [4.69, 9.17) is 4.74 Å². The predicted octanol–water partition coefficient (Wildman–Crippen LogP) is 3.97. The molecule has 3 aromatic carbocycles. The smallest absolute Gasteiger partial charge is 0.261 e. The van der Waals surface area contributed by atoms with E-state index in [1.54, 1.807) is 24.3 Å². The Kier molecular flexibility index (Phi) is 7.07. The number of phenolic OH excluding ortho intramolecular Hbond substituents is 1. The van der Waals surface area contributed by atoms with Gasteiger partial charge in [0.25, 0.3) is 5.91 Å². The van der Waals surface area contributed by atoms with Gasteiger partial charge in [-0.25, -0.2) is 8.42 Å². The highest BCUT2D eigenvalue weighted by molar-refractivity contribution is 7.89. The first kappa shape index (κ1) is 26.0. The largest absolute Gasteiger partial charge is 0.508 e. The average molecular weight is 541 g/mol. The number of para-hydroxylation sites is 1. The lowest BCUT2D eigenvalue weighted by atomic mass is 10.0. The lowest BCUT2D eigenvalue weighted by Crippen LogP contribution is -2.39. The number of carbonyl (C=O) groups is 1. The normalized spacial score (nSPS) is 17.0. The second-order valence-electron chi connectivity index (χ2n) is 9.25. The van der Waals surface area contributed by atoms with E-state index in [2.05, 4.69) is 0 Å². The summed E-state index contributed by atoms with van der Waals surface area (Å²) >= 11 is 0. The Labute approximate surface area is 226 Å². The molecule has 1 atom stereocenters. The molecule has 196 valence electrons. The highest BCUT2D eigenvalue weighted by Crippen LogP contribution is 2.41. The van der Waals surface area contributed by atoms with Crippen molar-refractivity contribution in [2.75, 3.05) is 18.1 Å². The Bertz CT molecular complexity index is 1620. The van der Waals surface area contributed by atoms with E-state index < -0.39 is 15.9 Å². The molecule has 1 fully saturated rings. The van der Waals surface area contributed by atoms with Crippen molar-refractivity contribution in [3.05, 3.63) is 89.5 Å². The van der Waals surface area contributed by atoms with Crippen LogP contribution in [0.1, 0.15) is 24.0 Å². The summed E-state index contributed by atoms with van der Waals surface area (Å²) < 4.78 is 34.8. The molecule has 0 bridgehead atoms. The summed E-state index contributed by atoms with van der Waals surface area (Å²) in [6.07, 6.45) is 1.33. The topological polar surface area (TPSA) is 135 Å². The molecule has 9 nitrogen and oxygen atoms in total. The number of sulfonamides is 1. The van der Waals surface area contributed by atoms with Crippen molar-refractivity contribution in [2.45, 2.75) is 30.3 Å². The molecule has 0 aliphatic carbocycles. The van der Waals surface area contributed by atoms with Gasteiger partial charge in [-0.05, 0) is 60.9 Å². The van der Waals surface area contributed by atoms with Gasteiger partial charge in [0.15, 0.2) is 0 Å². The molecule has 0 saturated carbocycles. The third-order valence-corrected chi connectivity index (χ3v) is 8.80. The molecule has 2 heterocycles. The van der Waals surface area contributed by atoms with Crippen LogP contribution in [0.2, 0.25) is 0 Å². The summed E-state index contributed by atoms with van der Waals surface area (Å²) in [5.74, 6) is 0.163. The molecular formula is C29H24N4O5S. The van der Waals surface area contributed by atoms with Crippen LogP contribution in [0.5, 0.6) is 11.5 Å². The maximum absolute atomic E-state index is 13.8. The van der Waals surface area contributed by atoms with Crippen molar-refractivity contribution in [1.82, 2.24) is 4.31 Å². The van der Waals surface area contributed by atoms with Crippen molar-refractivity contribution in [3.8, 4) is 23.6 Å². The number of phenols is 1. The number of allylic oxidation sites excluding steroid dienone is 1. The fourth-order valence-corrected chi connectivity index (χ4v) is 6.63. The Balaban J connectivity index is 1.49. The second kappa shape index (κ2) is 10.6. The van der Waals surface area contributed by atoms with Gasteiger partial charge in [0.2, 0.25) is 10.0 Å². The molecule has 1 saturated heterocycles. The van der Waals surface area contributed by atoms with Gasteiger partial charge in [0.05, 0.1) is 28.7 Å². The van der Waals surface area contributed by atoms with Gasteiger partial charge in [0, 0.05) is 12.1 Å². The summed E-state index contributed by atoms with van der Waals surface area (Å²) in [7, 11) is -3.97. The first-order chi connectivity index (χ1) is 18.8. The zero-order valence-corrected chi connectivity index (χ0v) is 21.6. The van der Waals surface area contributed by atoms with Crippen molar-refractivity contribution in [1.29, 1.82) is 10.5 Å². The zero-order chi connectivity index (χ0) is 27.6. The standard InChI is InChI=1S/C29H24N4O5S/c30-16-21(17-31)28-26-15-25(12-13-27(26)32(29(28)35)18-20-8-10-23(34)11-9-20)39(36,37)33-14-4-5-22(33)19-38-24-6-2-1-3-7-24/h1-3,6-13,15,22,34H,4-5,14,18-19H2/t22-/m0/s1. The first-order valence-electron chi connectivity index (χ1n) is 12.3. The van der Waals surface area contributed by atoms with E-state index in [9.17, 15) is 28.8 Å².